The van der Waals surface area contributed by atoms with Crippen LogP contribution in [-0.2, 0) is 24.5 Å². The SMILES string of the molecule is CC(C)C1([C@@H]2CC(=O)N(c3ccc(Br)cc3)C2=O)C(=O)N(C(=O)OC(C)(C)C)c2ccc(F)cc21. The summed E-state index contributed by atoms with van der Waals surface area (Å²) in [6.45, 7) is 8.46. The number of carbonyl (C=O) groups is 4. The van der Waals surface area contributed by atoms with E-state index in [-0.39, 0.29) is 17.7 Å². The minimum Gasteiger partial charge on any atom is -0.443 e. The van der Waals surface area contributed by atoms with Gasteiger partial charge < -0.3 is 4.74 Å². The smallest absolute Gasteiger partial charge is 0.421 e. The topological polar surface area (TPSA) is 84.0 Å². The Labute approximate surface area is 211 Å². The summed E-state index contributed by atoms with van der Waals surface area (Å²) in [4.78, 5) is 56.0. The third kappa shape index (κ3) is 3.95. The van der Waals surface area contributed by atoms with Gasteiger partial charge in [-0.25, -0.2) is 14.1 Å². The van der Waals surface area contributed by atoms with E-state index in [0.717, 1.165) is 20.3 Å². The van der Waals surface area contributed by atoms with Crippen molar-refractivity contribution < 1.29 is 28.3 Å². The fourth-order valence-electron chi connectivity index (χ4n) is 5.08. The molecule has 2 aliphatic heterocycles. The first-order valence-electron chi connectivity index (χ1n) is 11.3. The van der Waals surface area contributed by atoms with Gasteiger partial charge in [0.2, 0.25) is 17.7 Å². The molecule has 0 bridgehead atoms. The number of rotatable bonds is 3. The van der Waals surface area contributed by atoms with Crippen LogP contribution >= 0.6 is 15.9 Å². The summed E-state index contributed by atoms with van der Waals surface area (Å²) in [6, 6.07) is 10.3. The number of imide groups is 2. The molecule has 184 valence electrons. The van der Waals surface area contributed by atoms with Gasteiger partial charge in [-0.3, -0.25) is 19.3 Å². The van der Waals surface area contributed by atoms with E-state index in [1.807, 2.05) is 0 Å². The number of anilines is 2. The van der Waals surface area contributed by atoms with E-state index in [9.17, 15) is 23.6 Å². The Hall–Kier alpha value is -3.07. The molecule has 2 aliphatic rings. The highest BCUT2D eigenvalue weighted by molar-refractivity contribution is 9.10. The molecule has 9 heteroatoms. The summed E-state index contributed by atoms with van der Waals surface area (Å²) < 4.78 is 20.8. The van der Waals surface area contributed by atoms with Gasteiger partial charge in [-0.1, -0.05) is 29.8 Å². The van der Waals surface area contributed by atoms with Crippen LogP contribution < -0.4 is 9.80 Å². The van der Waals surface area contributed by atoms with Crippen molar-refractivity contribution in [1.29, 1.82) is 0 Å². The second kappa shape index (κ2) is 8.55. The highest BCUT2D eigenvalue weighted by Crippen LogP contribution is 2.54. The van der Waals surface area contributed by atoms with Crippen molar-refractivity contribution in [2.24, 2.45) is 11.8 Å². The fraction of sp³-hybridized carbons (Fsp3) is 0.385. The fourth-order valence-corrected chi connectivity index (χ4v) is 5.34. The molecule has 1 saturated heterocycles. The van der Waals surface area contributed by atoms with Crippen molar-refractivity contribution in [3.8, 4) is 0 Å². The number of amides is 4. The Bertz CT molecular complexity index is 1240. The van der Waals surface area contributed by atoms with Gasteiger partial charge in [0.15, 0.2) is 0 Å². The molecule has 2 aromatic rings. The molecule has 0 aromatic heterocycles. The third-order valence-corrected chi connectivity index (χ3v) is 7.00. The lowest BCUT2D eigenvalue weighted by atomic mass is 9.63. The van der Waals surface area contributed by atoms with Crippen molar-refractivity contribution in [1.82, 2.24) is 0 Å². The van der Waals surface area contributed by atoms with Crippen LogP contribution in [0.2, 0.25) is 0 Å². The van der Waals surface area contributed by atoms with E-state index in [1.165, 1.54) is 12.1 Å². The molecular formula is C26H26BrFN2O5. The highest BCUT2D eigenvalue weighted by Gasteiger charge is 2.64. The number of benzene rings is 2. The first-order chi connectivity index (χ1) is 16.3. The van der Waals surface area contributed by atoms with E-state index in [2.05, 4.69) is 15.9 Å². The molecule has 0 saturated carbocycles. The quantitative estimate of drug-likeness (QED) is 0.486. The summed E-state index contributed by atoms with van der Waals surface area (Å²) in [7, 11) is 0. The van der Waals surface area contributed by atoms with Crippen LogP contribution in [0, 0.1) is 17.7 Å². The molecule has 4 rings (SSSR count). The first kappa shape index (κ1) is 25.0. The Kier molecular flexibility index (Phi) is 6.12. The molecule has 35 heavy (non-hydrogen) atoms. The average molecular weight is 545 g/mol. The maximum Gasteiger partial charge on any atom is 0.421 e. The number of carbonyl (C=O) groups excluding carboxylic acids is 4. The van der Waals surface area contributed by atoms with Crippen LogP contribution in [-0.4, -0.2) is 29.4 Å². The van der Waals surface area contributed by atoms with Crippen molar-refractivity contribution in [2.45, 2.75) is 52.1 Å². The van der Waals surface area contributed by atoms with Crippen molar-refractivity contribution in [3.05, 3.63) is 58.3 Å². The van der Waals surface area contributed by atoms with E-state index in [0.29, 0.717) is 5.69 Å². The Balaban J connectivity index is 1.87. The molecule has 0 aliphatic carbocycles. The normalized spacial score (nSPS) is 22.3. The molecule has 0 N–H and O–H groups in total. The summed E-state index contributed by atoms with van der Waals surface area (Å²) >= 11 is 3.33. The summed E-state index contributed by atoms with van der Waals surface area (Å²) in [5.41, 5.74) is -1.80. The number of fused-ring (bicyclic) bond motifs is 1. The Morgan fingerprint density at radius 3 is 2.31 bits per heavy atom. The van der Waals surface area contributed by atoms with E-state index in [4.69, 9.17) is 4.74 Å². The number of ether oxygens (including phenoxy) is 1. The van der Waals surface area contributed by atoms with E-state index >= 15 is 0 Å². The van der Waals surface area contributed by atoms with Crippen LogP contribution in [0.1, 0.15) is 46.6 Å². The number of nitrogens with zero attached hydrogens (tertiary/aromatic N) is 2. The van der Waals surface area contributed by atoms with Crippen LogP contribution in [0.25, 0.3) is 0 Å². The maximum absolute atomic E-state index is 14.5. The summed E-state index contributed by atoms with van der Waals surface area (Å²) in [5.74, 6) is -4.03. The number of hydrogen-bond acceptors (Lipinski definition) is 5. The molecule has 2 atom stereocenters. The molecule has 2 heterocycles. The van der Waals surface area contributed by atoms with Gasteiger partial charge in [-0.05, 0) is 74.7 Å². The lowest BCUT2D eigenvalue weighted by molar-refractivity contribution is -0.133. The van der Waals surface area contributed by atoms with Crippen molar-refractivity contribution in [3.63, 3.8) is 0 Å². The zero-order valence-corrected chi connectivity index (χ0v) is 21.7. The zero-order valence-electron chi connectivity index (χ0n) is 20.1. The second-order valence-corrected chi connectivity index (χ2v) is 11.0. The molecule has 0 spiro atoms. The third-order valence-electron chi connectivity index (χ3n) is 6.47. The average Bonchev–Trinajstić information content (AvgIpc) is 3.17. The lowest BCUT2D eigenvalue weighted by Crippen LogP contribution is -2.53. The Morgan fingerprint density at radius 1 is 1.11 bits per heavy atom. The number of hydrogen-bond donors (Lipinski definition) is 0. The van der Waals surface area contributed by atoms with Crippen LogP contribution in [0.15, 0.2) is 46.9 Å². The largest absolute Gasteiger partial charge is 0.443 e. The second-order valence-electron chi connectivity index (χ2n) is 10.1. The van der Waals surface area contributed by atoms with Gasteiger partial charge in [0, 0.05) is 10.9 Å². The predicted octanol–water partition coefficient (Wildman–Crippen LogP) is 5.34. The van der Waals surface area contributed by atoms with Gasteiger partial charge in [-0.15, -0.1) is 0 Å². The molecule has 7 nitrogen and oxygen atoms in total. The molecule has 1 fully saturated rings. The summed E-state index contributed by atoms with van der Waals surface area (Å²) in [5, 5.41) is 0. The molecule has 0 radical (unpaired) electrons. The highest BCUT2D eigenvalue weighted by atomic mass is 79.9. The van der Waals surface area contributed by atoms with E-state index in [1.54, 1.807) is 58.9 Å². The summed E-state index contributed by atoms with van der Waals surface area (Å²) in [6.07, 6.45) is -1.17. The molecule has 4 amide bonds. The standard InChI is InChI=1S/C26H26BrFN2O5/c1-14(2)26(19-13-21(31)29(22(19)32)17-9-6-15(27)7-10-17)18-12-16(28)8-11-20(18)30(23(26)33)24(34)35-25(3,4)5/h6-12,14,19H,13H2,1-5H3/t19-,26?/m1/s1. The van der Waals surface area contributed by atoms with Crippen molar-refractivity contribution in [2.75, 3.05) is 9.80 Å². The maximum atomic E-state index is 14.5. The van der Waals surface area contributed by atoms with Gasteiger partial charge >= 0.3 is 6.09 Å². The number of halogens is 2. The predicted molar refractivity (Wildman–Crippen MR) is 131 cm³/mol. The lowest BCUT2D eigenvalue weighted by Gasteiger charge is -2.36. The minimum atomic E-state index is -1.63. The van der Waals surface area contributed by atoms with Gasteiger partial charge in [0.25, 0.3) is 0 Å². The molecule has 2 aromatic carbocycles. The van der Waals surface area contributed by atoms with Crippen molar-refractivity contribution >= 4 is 51.1 Å². The van der Waals surface area contributed by atoms with Gasteiger partial charge in [-0.2, -0.15) is 0 Å². The first-order valence-corrected chi connectivity index (χ1v) is 12.1. The zero-order chi connectivity index (χ0) is 25.9. The molecule has 1 unspecified atom stereocenters. The van der Waals surface area contributed by atoms with Crippen LogP contribution in [0.5, 0.6) is 0 Å². The Morgan fingerprint density at radius 2 is 1.74 bits per heavy atom. The minimum absolute atomic E-state index is 0.154. The van der Waals surface area contributed by atoms with E-state index < -0.39 is 52.5 Å². The van der Waals surface area contributed by atoms with Crippen LogP contribution in [0.3, 0.4) is 0 Å². The molecular weight excluding hydrogens is 519 g/mol. The van der Waals surface area contributed by atoms with Gasteiger partial charge in [0.05, 0.1) is 22.7 Å². The van der Waals surface area contributed by atoms with Crippen LogP contribution in [0.4, 0.5) is 20.6 Å². The monoisotopic (exact) mass is 544 g/mol. The van der Waals surface area contributed by atoms with Gasteiger partial charge in [0.1, 0.15) is 11.4 Å².